The van der Waals surface area contributed by atoms with Crippen LogP contribution in [0.25, 0.3) is 0 Å². The van der Waals surface area contributed by atoms with E-state index in [-0.39, 0.29) is 17.9 Å². The number of piperidine rings is 1. The van der Waals surface area contributed by atoms with Crippen LogP contribution < -0.4 is 10.8 Å². The number of fused-ring (bicyclic) bond motifs is 2. The summed E-state index contributed by atoms with van der Waals surface area (Å²) >= 11 is 0. The fourth-order valence-corrected chi connectivity index (χ4v) is 5.31. The van der Waals surface area contributed by atoms with Gasteiger partial charge in [-0.3, -0.25) is 9.69 Å². The number of likely N-dealkylation sites (tertiary alicyclic amines) is 1. The van der Waals surface area contributed by atoms with E-state index >= 15 is 0 Å². The molecule has 8 nitrogen and oxygen atoms in total. The largest absolute Gasteiger partial charge is 0.494 e. The number of carbonyl (C=O) groups is 2. The van der Waals surface area contributed by atoms with Crippen LogP contribution in [0.1, 0.15) is 73.3 Å². The van der Waals surface area contributed by atoms with Crippen LogP contribution in [0.3, 0.4) is 0 Å². The Morgan fingerprint density at radius 2 is 1.78 bits per heavy atom. The second kappa shape index (κ2) is 9.39. The van der Waals surface area contributed by atoms with Gasteiger partial charge in [-0.05, 0) is 84.7 Å². The van der Waals surface area contributed by atoms with Gasteiger partial charge in [0.15, 0.2) is 0 Å². The van der Waals surface area contributed by atoms with E-state index in [1.165, 1.54) is 0 Å². The number of nitrogens with one attached hydrogen (secondary N) is 1. The summed E-state index contributed by atoms with van der Waals surface area (Å²) in [4.78, 5) is 27.8. The molecule has 2 amide bonds. The predicted molar refractivity (Wildman–Crippen MR) is 136 cm³/mol. The zero-order valence-electron chi connectivity index (χ0n) is 22.5. The van der Waals surface area contributed by atoms with Crippen molar-refractivity contribution in [2.24, 2.45) is 5.92 Å². The van der Waals surface area contributed by atoms with Crippen molar-refractivity contribution in [3.63, 3.8) is 0 Å². The molecule has 0 radical (unpaired) electrons. The molecule has 1 saturated carbocycles. The van der Waals surface area contributed by atoms with E-state index < -0.39 is 42.1 Å². The third-order valence-electron chi connectivity index (χ3n) is 7.88. The SMILES string of the molecule is CC(C)(C)OC(=O)N1C(C(=O)N[C@H](C#N)Cc2ccc(B3OC(C)(C)C(C)(C)O3)cc2)[C@H]2CC[C@@H]1C2. The number of rotatable bonds is 5. The molecule has 2 saturated heterocycles. The molecule has 194 valence electrons. The van der Waals surface area contributed by atoms with Crippen LogP contribution in [0.15, 0.2) is 24.3 Å². The summed E-state index contributed by atoms with van der Waals surface area (Å²) in [5.41, 5.74) is 0.351. The average molecular weight is 495 g/mol. The van der Waals surface area contributed by atoms with Gasteiger partial charge in [0.2, 0.25) is 5.91 Å². The van der Waals surface area contributed by atoms with E-state index in [4.69, 9.17) is 14.0 Å². The molecule has 4 rings (SSSR count). The van der Waals surface area contributed by atoms with Crippen LogP contribution in [0.5, 0.6) is 0 Å². The molecule has 2 bridgehead atoms. The van der Waals surface area contributed by atoms with Crippen LogP contribution in [0, 0.1) is 17.2 Å². The molecule has 1 N–H and O–H groups in total. The van der Waals surface area contributed by atoms with E-state index in [0.29, 0.717) is 6.42 Å². The standard InChI is InChI=1S/C27H38BN3O5/c1-25(2,3)34-24(33)31-21-13-10-18(15-21)22(31)23(32)30-20(16-29)14-17-8-11-19(12-9-17)28-35-26(4,5)27(6,7)36-28/h8-9,11-12,18,20-22H,10,13-15H2,1-7H3,(H,30,32)/t18-,20-,21+,22?/m0/s1. The lowest BCUT2D eigenvalue weighted by Gasteiger charge is -2.35. The maximum absolute atomic E-state index is 13.3. The molecule has 3 fully saturated rings. The molecule has 2 heterocycles. The van der Waals surface area contributed by atoms with Gasteiger partial charge in [-0.2, -0.15) is 5.26 Å². The Labute approximate surface area is 214 Å². The van der Waals surface area contributed by atoms with Crippen molar-refractivity contribution in [1.82, 2.24) is 10.2 Å². The maximum atomic E-state index is 13.3. The average Bonchev–Trinajstić information content (AvgIpc) is 3.44. The second-order valence-corrected chi connectivity index (χ2v) is 12.3. The highest BCUT2D eigenvalue weighted by molar-refractivity contribution is 6.62. The van der Waals surface area contributed by atoms with Gasteiger partial charge in [-0.25, -0.2) is 4.79 Å². The summed E-state index contributed by atoms with van der Waals surface area (Å²) in [6.45, 7) is 13.5. The van der Waals surface area contributed by atoms with Crippen molar-refractivity contribution in [2.75, 3.05) is 0 Å². The Morgan fingerprint density at radius 3 is 2.33 bits per heavy atom. The zero-order valence-corrected chi connectivity index (χ0v) is 22.5. The molecule has 4 atom stereocenters. The predicted octanol–water partition coefficient (Wildman–Crippen LogP) is 3.32. The van der Waals surface area contributed by atoms with Gasteiger partial charge in [0, 0.05) is 12.5 Å². The molecule has 9 heteroatoms. The first-order valence-corrected chi connectivity index (χ1v) is 12.9. The van der Waals surface area contributed by atoms with Crippen molar-refractivity contribution < 1.29 is 23.6 Å². The molecule has 0 aromatic heterocycles. The number of nitriles is 1. The number of nitrogens with zero attached hydrogens (tertiary/aromatic N) is 2. The van der Waals surface area contributed by atoms with Gasteiger partial charge in [-0.1, -0.05) is 24.3 Å². The first-order chi connectivity index (χ1) is 16.7. The van der Waals surface area contributed by atoms with E-state index in [1.807, 2.05) is 72.7 Å². The number of amides is 2. The highest BCUT2D eigenvalue weighted by atomic mass is 16.7. The Balaban J connectivity index is 1.39. The van der Waals surface area contributed by atoms with E-state index in [9.17, 15) is 14.9 Å². The van der Waals surface area contributed by atoms with Crippen LogP contribution in [-0.4, -0.2) is 58.9 Å². The summed E-state index contributed by atoms with van der Waals surface area (Å²) in [6, 6.07) is 8.66. The monoisotopic (exact) mass is 495 g/mol. The van der Waals surface area contributed by atoms with Crippen LogP contribution >= 0.6 is 0 Å². The fourth-order valence-electron chi connectivity index (χ4n) is 5.31. The van der Waals surface area contributed by atoms with Crippen LogP contribution in [0.4, 0.5) is 4.79 Å². The van der Waals surface area contributed by atoms with E-state index in [1.54, 1.807) is 4.90 Å². The van der Waals surface area contributed by atoms with Crippen molar-refractivity contribution in [3.05, 3.63) is 29.8 Å². The lowest BCUT2D eigenvalue weighted by molar-refractivity contribution is -0.128. The highest BCUT2D eigenvalue weighted by Gasteiger charge is 2.53. The lowest BCUT2D eigenvalue weighted by atomic mass is 9.78. The van der Waals surface area contributed by atoms with Crippen LogP contribution in [0.2, 0.25) is 0 Å². The number of ether oxygens (including phenoxy) is 1. The summed E-state index contributed by atoms with van der Waals surface area (Å²) in [5, 5.41) is 12.7. The number of hydrogen-bond donors (Lipinski definition) is 1. The Hall–Kier alpha value is -2.57. The van der Waals surface area contributed by atoms with E-state index in [0.717, 1.165) is 30.3 Å². The van der Waals surface area contributed by atoms with Gasteiger partial charge in [0.25, 0.3) is 0 Å². The smallest absolute Gasteiger partial charge is 0.444 e. The summed E-state index contributed by atoms with van der Waals surface area (Å²) < 4.78 is 17.8. The molecule has 1 aliphatic carbocycles. The molecule has 1 unspecified atom stereocenters. The molecule has 2 aliphatic heterocycles. The number of carbonyl (C=O) groups excluding carboxylic acids is 2. The quantitative estimate of drug-likeness (QED) is 0.629. The lowest BCUT2D eigenvalue weighted by Crippen LogP contribution is -2.55. The minimum Gasteiger partial charge on any atom is -0.444 e. The van der Waals surface area contributed by atoms with Gasteiger partial charge >= 0.3 is 13.2 Å². The molecule has 1 aromatic rings. The topological polar surface area (TPSA) is 101 Å². The molecular formula is C27H38BN3O5. The fraction of sp³-hybridized carbons (Fsp3) is 0.667. The Bertz CT molecular complexity index is 1030. The summed E-state index contributed by atoms with van der Waals surface area (Å²) in [6.07, 6.45) is 2.49. The third kappa shape index (κ3) is 5.26. The van der Waals surface area contributed by atoms with Crippen molar-refractivity contribution in [1.29, 1.82) is 5.26 Å². The first-order valence-electron chi connectivity index (χ1n) is 12.9. The third-order valence-corrected chi connectivity index (χ3v) is 7.88. The minimum absolute atomic E-state index is 0.0173. The Morgan fingerprint density at radius 1 is 1.17 bits per heavy atom. The number of benzene rings is 1. The molecule has 0 spiro atoms. The summed E-state index contributed by atoms with van der Waals surface area (Å²) in [7, 11) is -0.452. The highest BCUT2D eigenvalue weighted by Crippen LogP contribution is 2.43. The van der Waals surface area contributed by atoms with Crippen molar-refractivity contribution in [2.45, 2.75) is 109 Å². The van der Waals surface area contributed by atoms with Gasteiger partial charge in [0.1, 0.15) is 17.7 Å². The molecule has 1 aromatic carbocycles. The van der Waals surface area contributed by atoms with E-state index in [2.05, 4.69) is 11.4 Å². The molecular weight excluding hydrogens is 457 g/mol. The second-order valence-electron chi connectivity index (χ2n) is 12.3. The Kier molecular flexibility index (Phi) is 6.91. The van der Waals surface area contributed by atoms with Crippen molar-refractivity contribution in [3.8, 4) is 6.07 Å². The van der Waals surface area contributed by atoms with Gasteiger partial charge in [-0.15, -0.1) is 0 Å². The van der Waals surface area contributed by atoms with Crippen LogP contribution in [-0.2, 0) is 25.3 Å². The first kappa shape index (κ1) is 26.5. The van der Waals surface area contributed by atoms with Gasteiger partial charge < -0.3 is 19.4 Å². The maximum Gasteiger partial charge on any atom is 0.494 e. The normalized spacial score (nSPS) is 27.0. The summed E-state index contributed by atoms with van der Waals surface area (Å²) in [5.74, 6) is -0.186. The number of hydrogen-bond acceptors (Lipinski definition) is 6. The molecule has 36 heavy (non-hydrogen) atoms. The zero-order chi connectivity index (χ0) is 26.5. The molecule has 3 aliphatic rings. The van der Waals surface area contributed by atoms with Gasteiger partial charge in [0.05, 0.1) is 17.3 Å². The minimum atomic E-state index is -0.709. The van der Waals surface area contributed by atoms with Crippen molar-refractivity contribution >= 4 is 24.6 Å².